The van der Waals surface area contributed by atoms with Crippen LogP contribution in [0.2, 0.25) is 0 Å². The van der Waals surface area contributed by atoms with Crippen molar-refractivity contribution >= 4 is 11.9 Å². The lowest BCUT2D eigenvalue weighted by molar-refractivity contribution is -0.129. The fourth-order valence-corrected chi connectivity index (χ4v) is 3.40. The van der Waals surface area contributed by atoms with Crippen LogP contribution in [0.4, 0.5) is 5.95 Å². The van der Waals surface area contributed by atoms with Gasteiger partial charge in [0.25, 0.3) is 5.91 Å². The van der Waals surface area contributed by atoms with Crippen molar-refractivity contribution in [3.63, 3.8) is 0 Å². The molecular formula is C17H21N7O. The van der Waals surface area contributed by atoms with Gasteiger partial charge in [0, 0.05) is 44.3 Å². The maximum atomic E-state index is 13.3. The summed E-state index contributed by atoms with van der Waals surface area (Å²) in [7, 11) is 2.08. The smallest absolute Gasteiger partial charge is 0.254 e. The third-order valence-electron chi connectivity index (χ3n) is 4.84. The fourth-order valence-electron chi connectivity index (χ4n) is 3.40. The highest BCUT2D eigenvalue weighted by atomic mass is 16.2. The minimum atomic E-state index is -0.297. The van der Waals surface area contributed by atoms with Crippen LogP contribution in [0.1, 0.15) is 18.5 Å². The van der Waals surface area contributed by atoms with Crippen molar-refractivity contribution in [1.29, 1.82) is 0 Å². The third kappa shape index (κ3) is 2.78. The molecule has 0 radical (unpaired) electrons. The summed E-state index contributed by atoms with van der Waals surface area (Å²) in [6.45, 7) is 5.18. The van der Waals surface area contributed by atoms with Gasteiger partial charge in [-0.15, -0.1) is 0 Å². The monoisotopic (exact) mass is 339 g/mol. The van der Waals surface area contributed by atoms with E-state index in [1.54, 1.807) is 17.1 Å². The highest BCUT2D eigenvalue weighted by molar-refractivity contribution is 5.96. The van der Waals surface area contributed by atoms with Crippen molar-refractivity contribution < 1.29 is 4.79 Å². The van der Waals surface area contributed by atoms with E-state index in [2.05, 4.69) is 32.3 Å². The number of carbonyl (C=O) groups excluding carboxylic acids is 1. The number of allylic oxidation sites excluding steroid dienone is 1. The van der Waals surface area contributed by atoms with Crippen LogP contribution in [0.25, 0.3) is 0 Å². The summed E-state index contributed by atoms with van der Waals surface area (Å²) in [5, 5.41) is 7.56. The molecule has 2 aromatic heterocycles. The normalized spacial score (nSPS) is 21.0. The van der Waals surface area contributed by atoms with Crippen LogP contribution in [0.5, 0.6) is 0 Å². The van der Waals surface area contributed by atoms with Crippen LogP contribution in [-0.4, -0.2) is 68.7 Å². The molecule has 8 heteroatoms. The summed E-state index contributed by atoms with van der Waals surface area (Å²) < 4.78 is 1.77. The van der Waals surface area contributed by atoms with Gasteiger partial charge in [-0.3, -0.25) is 9.78 Å². The molecule has 4 rings (SSSR count). The molecule has 0 bridgehead atoms. The minimum absolute atomic E-state index is 0.0565. The van der Waals surface area contributed by atoms with E-state index in [4.69, 9.17) is 0 Å². The summed E-state index contributed by atoms with van der Waals surface area (Å²) in [5.41, 5.74) is 2.51. The van der Waals surface area contributed by atoms with Gasteiger partial charge in [0.1, 0.15) is 12.4 Å². The van der Waals surface area contributed by atoms with E-state index in [1.165, 1.54) is 6.33 Å². The Labute approximate surface area is 146 Å². The molecule has 2 aliphatic heterocycles. The second-order valence-corrected chi connectivity index (χ2v) is 6.47. The van der Waals surface area contributed by atoms with Gasteiger partial charge in [-0.1, -0.05) is 0 Å². The van der Waals surface area contributed by atoms with Gasteiger partial charge in [0.15, 0.2) is 0 Å². The molecule has 8 nitrogen and oxygen atoms in total. The van der Waals surface area contributed by atoms with Crippen molar-refractivity contribution in [2.75, 3.05) is 38.5 Å². The van der Waals surface area contributed by atoms with E-state index in [1.807, 2.05) is 24.0 Å². The van der Waals surface area contributed by atoms with Crippen LogP contribution in [0, 0.1) is 0 Å². The lowest BCUT2D eigenvalue weighted by Crippen LogP contribution is -2.49. The molecule has 4 heterocycles. The molecule has 0 saturated carbocycles. The average molecular weight is 339 g/mol. The summed E-state index contributed by atoms with van der Waals surface area (Å²) >= 11 is 0. The maximum Gasteiger partial charge on any atom is 0.254 e. The van der Waals surface area contributed by atoms with Crippen LogP contribution < -0.4 is 5.32 Å². The molecule has 1 saturated heterocycles. The number of nitrogens with one attached hydrogen (secondary N) is 1. The largest absolute Gasteiger partial charge is 0.336 e. The highest BCUT2D eigenvalue weighted by Gasteiger charge is 2.35. The number of pyridine rings is 1. The second kappa shape index (κ2) is 6.29. The molecule has 2 aromatic rings. The van der Waals surface area contributed by atoms with Crippen molar-refractivity contribution in [2.24, 2.45) is 0 Å². The number of rotatable bonds is 2. The van der Waals surface area contributed by atoms with Crippen molar-refractivity contribution in [1.82, 2.24) is 29.5 Å². The van der Waals surface area contributed by atoms with E-state index < -0.39 is 0 Å². The number of aromatic nitrogens is 4. The number of nitrogens with zero attached hydrogens (tertiary/aromatic N) is 6. The molecule has 1 N–H and O–H groups in total. The van der Waals surface area contributed by atoms with Gasteiger partial charge in [-0.05, 0) is 31.7 Å². The lowest BCUT2D eigenvalue weighted by atomic mass is 9.95. The number of anilines is 1. The number of hydrogen-bond donors (Lipinski definition) is 1. The maximum absolute atomic E-state index is 13.3. The molecule has 1 unspecified atom stereocenters. The van der Waals surface area contributed by atoms with Crippen molar-refractivity contribution in [3.8, 4) is 0 Å². The molecule has 1 atom stereocenters. The first-order valence-electron chi connectivity index (χ1n) is 8.40. The molecule has 130 valence electrons. The topological polar surface area (TPSA) is 79.2 Å². The Kier molecular flexibility index (Phi) is 3.96. The van der Waals surface area contributed by atoms with Crippen molar-refractivity contribution in [2.45, 2.75) is 13.0 Å². The van der Waals surface area contributed by atoms with Gasteiger partial charge >= 0.3 is 0 Å². The number of hydrogen-bond acceptors (Lipinski definition) is 6. The van der Waals surface area contributed by atoms with Gasteiger partial charge in [0.05, 0.1) is 5.57 Å². The Morgan fingerprint density at radius 1 is 1.20 bits per heavy atom. The minimum Gasteiger partial charge on any atom is -0.336 e. The first kappa shape index (κ1) is 15.8. The van der Waals surface area contributed by atoms with Gasteiger partial charge in [-0.25, -0.2) is 4.68 Å². The SMILES string of the molecule is CC1=C(C(=O)N2CCN(C)CC2)C(c2ccncc2)n2ncnc2N1. The second-order valence-electron chi connectivity index (χ2n) is 6.47. The zero-order valence-corrected chi connectivity index (χ0v) is 14.4. The fraction of sp³-hybridized carbons (Fsp3) is 0.412. The van der Waals surface area contributed by atoms with E-state index >= 15 is 0 Å². The predicted octanol–water partition coefficient (Wildman–Crippen LogP) is 0.736. The third-order valence-corrected chi connectivity index (χ3v) is 4.84. The first-order valence-corrected chi connectivity index (χ1v) is 8.40. The Morgan fingerprint density at radius 3 is 2.64 bits per heavy atom. The first-order chi connectivity index (χ1) is 12.1. The number of piperazine rings is 1. The molecule has 0 aliphatic carbocycles. The Hall–Kier alpha value is -2.74. The molecule has 0 aromatic carbocycles. The van der Waals surface area contributed by atoms with Crippen LogP contribution in [0.3, 0.4) is 0 Å². The molecule has 25 heavy (non-hydrogen) atoms. The Balaban J connectivity index is 1.74. The van der Waals surface area contributed by atoms with Gasteiger partial charge < -0.3 is 15.1 Å². The Morgan fingerprint density at radius 2 is 1.92 bits per heavy atom. The summed E-state index contributed by atoms with van der Waals surface area (Å²) in [6, 6.07) is 3.55. The van der Waals surface area contributed by atoms with E-state index in [-0.39, 0.29) is 11.9 Å². The number of amides is 1. The molecule has 1 fully saturated rings. The zero-order chi connectivity index (χ0) is 17.4. The van der Waals surface area contributed by atoms with Crippen molar-refractivity contribution in [3.05, 3.63) is 47.7 Å². The van der Waals surface area contributed by atoms with Gasteiger partial charge in [0.2, 0.25) is 5.95 Å². The van der Waals surface area contributed by atoms with Crippen LogP contribution in [-0.2, 0) is 4.79 Å². The molecule has 1 amide bonds. The summed E-state index contributed by atoms with van der Waals surface area (Å²) in [6.07, 6.45) is 4.98. The highest BCUT2D eigenvalue weighted by Crippen LogP contribution is 2.35. The molecule has 0 spiro atoms. The summed E-state index contributed by atoms with van der Waals surface area (Å²) in [4.78, 5) is 25.8. The number of fused-ring (bicyclic) bond motifs is 1. The molecular weight excluding hydrogens is 318 g/mol. The standard InChI is InChI=1S/C17H21N7O/c1-12-14(16(25)23-9-7-22(2)8-10-23)15(13-3-5-18-6-4-13)24-17(21-12)19-11-20-24/h3-6,11,15H,7-10H2,1-2H3,(H,19,20,21). The van der Waals surface area contributed by atoms with E-state index in [0.717, 1.165) is 37.4 Å². The lowest BCUT2D eigenvalue weighted by Gasteiger charge is -2.36. The predicted molar refractivity (Wildman–Crippen MR) is 92.8 cm³/mol. The number of carbonyl (C=O) groups is 1. The zero-order valence-electron chi connectivity index (χ0n) is 14.4. The molecule has 2 aliphatic rings. The average Bonchev–Trinajstić information content (AvgIpc) is 3.09. The van der Waals surface area contributed by atoms with E-state index in [9.17, 15) is 4.79 Å². The Bertz CT molecular complexity index is 805. The van der Waals surface area contributed by atoms with Crippen LogP contribution >= 0.6 is 0 Å². The summed E-state index contributed by atoms with van der Waals surface area (Å²) in [5.74, 6) is 0.704. The number of likely N-dealkylation sites (N-methyl/N-ethyl adjacent to an activating group) is 1. The van der Waals surface area contributed by atoms with Gasteiger partial charge in [-0.2, -0.15) is 10.1 Å². The van der Waals surface area contributed by atoms with E-state index in [0.29, 0.717) is 11.5 Å². The quantitative estimate of drug-likeness (QED) is 0.869. The van der Waals surface area contributed by atoms with Crippen LogP contribution in [0.15, 0.2) is 42.1 Å².